The molecule has 4 fully saturated rings. The molecule has 4 aliphatic carbocycles. The van der Waals surface area contributed by atoms with Crippen LogP contribution in [0.2, 0.25) is 0 Å². The van der Waals surface area contributed by atoms with E-state index >= 15 is 0 Å². The molecule has 8 nitrogen and oxygen atoms in total. The highest BCUT2D eigenvalue weighted by molar-refractivity contribution is 6.07. The van der Waals surface area contributed by atoms with Crippen molar-refractivity contribution in [2.75, 3.05) is 0 Å². The molecule has 0 radical (unpaired) electrons. The summed E-state index contributed by atoms with van der Waals surface area (Å²) in [6.45, 7) is 29.1. The summed E-state index contributed by atoms with van der Waals surface area (Å²) in [5.74, 6) is 12.3. The molecule has 0 spiro atoms. The van der Waals surface area contributed by atoms with E-state index in [4.69, 9.17) is 29.9 Å². The van der Waals surface area contributed by atoms with Crippen molar-refractivity contribution in [1.82, 2.24) is 39.9 Å². The third-order valence-electron chi connectivity index (χ3n) is 21.7. The van der Waals surface area contributed by atoms with Gasteiger partial charge in [-0.1, -0.05) is 157 Å². The quantitative estimate of drug-likeness (QED) is 0.157. The zero-order valence-corrected chi connectivity index (χ0v) is 50.3. The molecule has 5 heterocycles. The second-order valence-electron chi connectivity index (χ2n) is 28.6. The number of nitrogens with one attached hydrogen (secondary N) is 2. The van der Waals surface area contributed by atoms with Gasteiger partial charge in [0.25, 0.3) is 0 Å². The van der Waals surface area contributed by atoms with Crippen molar-refractivity contribution >= 4 is 44.1 Å². The average molecular weight is 1070 g/mol. The number of aromatic amines is 2. The van der Waals surface area contributed by atoms with Crippen LogP contribution in [0.5, 0.6) is 0 Å². The van der Waals surface area contributed by atoms with Crippen molar-refractivity contribution in [3.63, 3.8) is 0 Å². The van der Waals surface area contributed by atoms with Gasteiger partial charge >= 0.3 is 0 Å². The van der Waals surface area contributed by atoms with E-state index in [9.17, 15) is 0 Å². The van der Waals surface area contributed by atoms with Crippen LogP contribution in [-0.2, 0) is 0 Å². The Balaban J connectivity index is 1.09. The van der Waals surface area contributed by atoms with Gasteiger partial charge < -0.3 is 9.97 Å². The molecule has 13 rings (SSSR count). The van der Waals surface area contributed by atoms with Crippen LogP contribution in [0.25, 0.3) is 89.7 Å². The van der Waals surface area contributed by atoms with Crippen molar-refractivity contribution in [2.45, 2.75) is 184 Å². The van der Waals surface area contributed by atoms with Gasteiger partial charge in [-0.3, -0.25) is 0 Å². The van der Waals surface area contributed by atoms with E-state index in [0.29, 0.717) is 118 Å². The van der Waals surface area contributed by atoms with Gasteiger partial charge in [0.05, 0.1) is 0 Å². The van der Waals surface area contributed by atoms with Crippen LogP contribution in [0, 0.1) is 71.0 Å². The lowest BCUT2D eigenvalue weighted by atomic mass is 9.67. The minimum absolute atomic E-state index is 0.475. The molecule has 12 atom stereocenters. The van der Waals surface area contributed by atoms with Crippen molar-refractivity contribution in [3.8, 4) is 45.6 Å². The zero-order chi connectivity index (χ0) is 55.4. The Labute approximate surface area is 477 Å². The second-order valence-corrected chi connectivity index (χ2v) is 28.6. The summed E-state index contributed by atoms with van der Waals surface area (Å²) in [6, 6.07) is 28.6. The predicted molar refractivity (Wildman–Crippen MR) is 332 cm³/mol. The fourth-order valence-corrected chi connectivity index (χ4v) is 17.1. The van der Waals surface area contributed by atoms with Crippen LogP contribution in [-0.4, -0.2) is 39.9 Å². The molecule has 418 valence electrons. The molecular formula is C72H90N8. The first-order valence-corrected chi connectivity index (χ1v) is 31.9. The number of rotatable bonds is 8. The van der Waals surface area contributed by atoms with Gasteiger partial charge in [0.2, 0.25) is 0 Å². The lowest BCUT2D eigenvalue weighted by Crippen LogP contribution is -2.26. The number of nitrogens with zero attached hydrogens (tertiary/aromatic N) is 6. The molecule has 0 saturated heterocycles. The van der Waals surface area contributed by atoms with Crippen LogP contribution in [0.15, 0.2) is 72.8 Å². The molecule has 7 aromatic rings. The van der Waals surface area contributed by atoms with Crippen LogP contribution in [0.4, 0.5) is 0 Å². The maximum Gasteiger partial charge on any atom is 0.164 e. The first-order chi connectivity index (χ1) is 38.5. The Morgan fingerprint density at radius 1 is 0.312 bits per heavy atom. The number of fused-ring (bicyclic) bond motifs is 20. The number of aromatic nitrogens is 8. The first kappa shape index (κ1) is 53.5. The molecule has 2 N–H and O–H groups in total. The van der Waals surface area contributed by atoms with Crippen molar-refractivity contribution in [2.24, 2.45) is 71.0 Å². The van der Waals surface area contributed by atoms with Gasteiger partial charge in [-0.05, 0) is 193 Å². The van der Waals surface area contributed by atoms with Crippen molar-refractivity contribution in [3.05, 3.63) is 95.1 Å². The predicted octanol–water partition coefficient (Wildman–Crippen LogP) is 19.6. The van der Waals surface area contributed by atoms with E-state index in [-0.39, 0.29) is 0 Å². The van der Waals surface area contributed by atoms with E-state index in [1.54, 1.807) is 0 Å². The van der Waals surface area contributed by atoms with Gasteiger partial charge in [0.1, 0.15) is 22.6 Å². The van der Waals surface area contributed by atoms with Gasteiger partial charge in [0.15, 0.2) is 23.3 Å². The van der Waals surface area contributed by atoms with Crippen molar-refractivity contribution in [1.29, 1.82) is 0 Å². The highest BCUT2D eigenvalue weighted by Crippen LogP contribution is 2.51. The number of benzene rings is 4. The normalized spacial score (nSPS) is 28.1. The Morgan fingerprint density at radius 3 is 0.900 bits per heavy atom. The Hall–Kier alpha value is -5.76. The molecule has 2 aliphatic heterocycles. The third kappa shape index (κ3) is 9.72. The first-order valence-electron chi connectivity index (χ1n) is 31.9. The SMILES string of the molecule is CC(C)[C@H]1CC[C@H](C)C[C@@H]1c1ccc2c(c1)-c1nc-2nc2[nH]c(nc3nc(nc4[nH]c(n1)c1ccc([C@H]5C[C@@H](C)CC[C@@H]5C(C)C)cc41)-c1ccc([C@H]4C[C@@H](C)CC[C@@H]4C(C)C)cc1-3)c1ccc([C@H]3C[C@@H](C)CC[C@@H]3C(C)C)cc21. The third-order valence-corrected chi connectivity index (χ3v) is 21.7. The summed E-state index contributed by atoms with van der Waals surface area (Å²) in [5.41, 5.74) is 12.8. The summed E-state index contributed by atoms with van der Waals surface area (Å²) in [7, 11) is 0. The minimum Gasteiger partial charge on any atom is -0.324 e. The minimum atomic E-state index is 0.475. The molecular weight excluding hydrogens is 977 g/mol. The Morgan fingerprint density at radius 2 is 0.588 bits per heavy atom. The largest absolute Gasteiger partial charge is 0.324 e. The monoisotopic (exact) mass is 1070 g/mol. The zero-order valence-electron chi connectivity index (χ0n) is 50.3. The molecule has 4 saturated carbocycles. The van der Waals surface area contributed by atoms with Crippen molar-refractivity contribution < 1.29 is 0 Å². The van der Waals surface area contributed by atoms with Crippen LogP contribution >= 0.6 is 0 Å². The summed E-state index contributed by atoms with van der Waals surface area (Å²) in [4.78, 5) is 41.4. The fraction of sp³-hybridized carbons (Fsp3) is 0.556. The Kier molecular flexibility index (Phi) is 14.2. The van der Waals surface area contributed by atoms with E-state index in [0.717, 1.165) is 66.4 Å². The van der Waals surface area contributed by atoms with Gasteiger partial charge in [-0.25, -0.2) is 29.9 Å². The topological polar surface area (TPSA) is 109 Å². The van der Waals surface area contributed by atoms with Gasteiger partial charge in [0, 0.05) is 43.8 Å². The second kappa shape index (κ2) is 21.2. The molecule has 8 bridgehead atoms. The van der Waals surface area contributed by atoms with Crippen LogP contribution < -0.4 is 0 Å². The summed E-state index contributed by atoms with van der Waals surface area (Å²) in [6.07, 6.45) is 15.0. The molecule has 0 amide bonds. The molecule has 6 aliphatic rings. The number of hydrogen-bond acceptors (Lipinski definition) is 6. The van der Waals surface area contributed by atoms with Gasteiger partial charge in [-0.2, -0.15) is 0 Å². The Bertz CT molecular complexity index is 3410. The molecule has 0 unspecified atom stereocenters. The lowest BCUT2D eigenvalue weighted by molar-refractivity contribution is 0.197. The molecule has 8 heteroatoms. The number of hydrogen-bond donors (Lipinski definition) is 2. The fourth-order valence-electron chi connectivity index (χ4n) is 17.1. The maximum absolute atomic E-state index is 5.67. The molecule has 3 aromatic heterocycles. The summed E-state index contributed by atoms with van der Waals surface area (Å²) in [5, 5.41) is 4.25. The summed E-state index contributed by atoms with van der Waals surface area (Å²) < 4.78 is 0. The van der Waals surface area contributed by atoms with E-state index < -0.39 is 0 Å². The molecule has 80 heavy (non-hydrogen) atoms. The summed E-state index contributed by atoms with van der Waals surface area (Å²) >= 11 is 0. The van der Waals surface area contributed by atoms with E-state index in [1.807, 2.05) is 0 Å². The van der Waals surface area contributed by atoms with Gasteiger partial charge in [-0.15, -0.1) is 0 Å². The highest BCUT2D eigenvalue weighted by Gasteiger charge is 2.37. The van der Waals surface area contributed by atoms with E-state index in [2.05, 4.69) is 166 Å². The lowest BCUT2D eigenvalue weighted by Gasteiger charge is -2.38. The standard InChI is InChI=1S/C72H90N8/c1-37(2)49-21-13-41(9)29-57(49)45-17-25-53-61(33-45)69-73-65(53)78-70-63-35-47(59-31-43(11)15-23-51(59)39(5)6)19-27-55(63)67(75-70)80-72-64-36-48(60-32-44(12)16-24-52(60)40(7)8)20-28-56(64)68(76-72)79-71-62-34-46(18-26-54(62)66(74-71)77-69)58-30-42(10)14-22-50(58)38(3)4/h17-20,25-28,33-44,49-52,57-60H,13-16,21-24,29-32H2,1-12H3,(H2,73,74,75,76,77,78,79,80)/t41-,42-,43-,44-,49+,50+,51+,52+,57+,58+,59+,60+/m0/s1. The van der Waals surface area contributed by atoms with Crippen LogP contribution in [0.1, 0.15) is 206 Å². The molecule has 4 aromatic carbocycles. The van der Waals surface area contributed by atoms with Crippen LogP contribution in [0.3, 0.4) is 0 Å². The number of H-pyrrole nitrogens is 2. The highest BCUT2D eigenvalue weighted by atomic mass is 15.1. The maximum atomic E-state index is 5.67. The van der Waals surface area contributed by atoms with E-state index in [1.165, 1.54) is 99.3 Å². The average Bonchev–Trinajstić information content (AvgIpc) is 4.19. The smallest absolute Gasteiger partial charge is 0.164 e.